The molecule has 0 fully saturated rings. The third-order valence-corrected chi connectivity index (χ3v) is 6.21. The summed E-state index contributed by atoms with van der Waals surface area (Å²) in [6.45, 7) is 0.133. The third kappa shape index (κ3) is 12.5. The van der Waals surface area contributed by atoms with E-state index in [9.17, 15) is 34.2 Å². The van der Waals surface area contributed by atoms with Crippen molar-refractivity contribution in [2.45, 2.75) is 62.7 Å². The molecule has 1 heterocycles. The molecule has 14 N–H and O–H groups in total. The standard InChI is InChI=1S/C26H38N10O7/c27-17(10-14-3-5-16(37)6-4-14)22(39)36-20(11-15-12-31-13-33-15)24(41)34-18(7-8-21(28)38)23(40)35-19(25(42)43)2-1-9-32-26(29)30/h3-6,12-13,17-20,37H,1-2,7-11,27H2,(H2,28,38)(H,31,33)(H,34,41)(H,35,40)(H,36,39)(H,42,43)(H4,29,30,32). The first-order valence-corrected chi connectivity index (χ1v) is 13.3. The number of rotatable bonds is 18. The number of nitrogens with two attached hydrogens (primary N) is 4. The summed E-state index contributed by atoms with van der Waals surface area (Å²) in [5.74, 6) is -4.54. The van der Waals surface area contributed by atoms with E-state index in [1.165, 1.54) is 24.7 Å². The third-order valence-electron chi connectivity index (χ3n) is 6.21. The Balaban J connectivity index is 2.17. The number of aromatic amines is 1. The van der Waals surface area contributed by atoms with Crippen LogP contribution in [0.1, 0.15) is 36.9 Å². The summed E-state index contributed by atoms with van der Waals surface area (Å²) in [5.41, 5.74) is 23.0. The smallest absolute Gasteiger partial charge is 0.326 e. The molecule has 17 nitrogen and oxygen atoms in total. The molecule has 0 saturated carbocycles. The molecule has 0 bridgehead atoms. The number of carboxylic acid groups (broad SMARTS) is 1. The van der Waals surface area contributed by atoms with Crippen LogP contribution in [0.15, 0.2) is 41.8 Å². The van der Waals surface area contributed by atoms with Crippen LogP contribution in [0.3, 0.4) is 0 Å². The first kappa shape index (κ1) is 34.0. The van der Waals surface area contributed by atoms with Gasteiger partial charge in [-0.2, -0.15) is 0 Å². The van der Waals surface area contributed by atoms with Crippen LogP contribution < -0.4 is 38.9 Å². The minimum atomic E-state index is -1.37. The molecule has 0 aliphatic rings. The lowest BCUT2D eigenvalue weighted by Crippen LogP contribution is -2.58. The van der Waals surface area contributed by atoms with Crippen LogP contribution >= 0.6 is 0 Å². The van der Waals surface area contributed by atoms with E-state index < -0.39 is 53.8 Å². The van der Waals surface area contributed by atoms with Gasteiger partial charge in [0, 0.05) is 31.3 Å². The lowest BCUT2D eigenvalue weighted by molar-refractivity contribution is -0.142. The molecule has 2 aromatic rings. The molecule has 4 atom stereocenters. The monoisotopic (exact) mass is 602 g/mol. The zero-order valence-electron chi connectivity index (χ0n) is 23.4. The zero-order valence-corrected chi connectivity index (χ0v) is 23.4. The number of imidazole rings is 1. The summed E-state index contributed by atoms with van der Waals surface area (Å²) < 4.78 is 0. The number of phenols is 1. The molecule has 0 aliphatic carbocycles. The molecule has 4 amide bonds. The quantitative estimate of drug-likeness (QED) is 0.0468. The topological polar surface area (TPSA) is 307 Å². The minimum absolute atomic E-state index is 0.0221. The second kappa shape index (κ2) is 16.9. The number of amides is 4. The van der Waals surface area contributed by atoms with Gasteiger partial charge in [0.2, 0.25) is 23.6 Å². The molecular formula is C26H38N10O7. The highest BCUT2D eigenvalue weighted by atomic mass is 16.4. The van der Waals surface area contributed by atoms with E-state index in [1.807, 2.05) is 0 Å². The van der Waals surface area contributed by atoms with Crippen molar-refractivity contribution in [1.29, 1.82) is 0 Å². The summed E-state index contributed by atoms with van der Waals surface area (Å²) in [6.07, 6.45) is 2.55. The van der Waals surface area contributed by atoms with E-state index in [0.29, 0.717) is 11.3 Å². The maximum atomic E-state index is 13.4. The molecule has 1 aromatic carbocycles. The van der Waals surface area contributed by atoms with Crippen molar-refractivity contribution in [2.75, 3.05) is 6.54 Å². The van der Waals surface area contributed by atoms with Gasteiger partial charge < -0.3 is 54.1 Å². The summed E-state index contributed by atoms with van der Waals surface area (Å²) in [6, 6.07) is 1.09. The van der Waals surface area contributed by atoms with Crippen molar-refractivity contribution >= 4 is 35.6 Å². The first-order valence-electron chi connectivity index (χ1n) is 13.3. The average molecular weight is 603 g/mol. The second-order valence-electron chi connectivity index (χ2n) is 9.73. The van der Waals surface area contributed by atoms with E-state index in [2.05, 4.69) is 30.9 Å². The number of phenolic OH excluding ortho intramolecular Hbond substituents is 1. The highest BCUT2D eigenvalue weighted by Gasteiger charge is 2.31. The molecule has 43 heavy (non-hydrogen) atoms. The van der Waals surface area contributed by atoms with Crippen molar-refractivity contribution < 1.29 is 34.2 Å². The van der Waals surface area contributed by atoms with Crippen LogP contribution in [0.2, 0.25) is 0 Å². The number of guanidine groups is 1. The Bertz CT molecular complexity index is 1260. The Hall–Kier alpha value is -5.19. The van der Waals surface area contributed by atoms with Gasteiger partial charge in [-0.1, -0.05) is 12.1 Å². The Morgan fingerprint density at radius 1 is 0.884 bits per heavy atom. The fourth-order valence-electron chi connectivity index (χ4n) is 3.94. The number of aliphatic imine (C=N–C) groups is 1. The van der Waals surface area contributed by atoms with Gasteiger partial charge in [-0.15, -0.1) is 0 Å². The number of carbonyl (C=O) groups is 5. The largest absolute Gasteiger partial charge is 0.508 e. The van der Waals surface area contributed by atoms with Gasteiger partial charge in [0.15, 0.2) is 5.96 Å². The number of H-pyrrole nitrogens is 1. The lowest BCUT2D eigenvalue weighted by Gasteiger charge is -2.25. The Morgan fingerprint density at radius 3 is 2.09 bits per heavy atom. The van der Waals surface area contributed by atoms with Crippen molar-refractivity contribution in [3.8, 4) is 5.75 Å². The number of nitrogens with one attached hydrogen (secondary N) is 4. The fourth-order valence-corrected chi connectivity index (χ4v) is 3.94. The predicted octanol–water partition coefficient (Wildman–Crippen LogP) is -2.91. The van der Waals surface area contributed by atoms with Crippen LogP contribution in [0.25, 0.3) is 0 Å². The van der Waals surface area contributed by atoms with E-state index >= 15 is 0 Å². The summed E-state index contributed by atoms with van der Waals surface area (Å²) in [4.78, 5) is 73.2. The fraction of sp³-hybridized carbons (Fsp3) is 0.423. The number of aromatic hydroxyl groups is 1. The van der Waals surface area contributed by atoms with Crippen molar-refractivity contribution in [3.63, 3.8) is 0 Å². The summed E-state index contributed by atoms with van der Waals surface area (Å²) in [7, 11) is 0. The van der Waals surface area contributed by atoms with Gasteiger partial charge in [0.1, 0.15) is 23.9 Å². The molecule has 234 valence electrons. The van der Waals surface area contributed by atoms with Crippen LogP contribution in [-0.2, 0) is 36.8 Å². The van der Waals surface area contributed by atoms with E-state index in [4.69, 9.17) is 22.9 Å². The molecule has 2 rings (SSSR count). The molecule has 4 unspecified atom stereocenters. The lowest BCUT2D eigenvalue weighted by atomic mass is 10.0. The van der Waals surface area contributed by atoms with Crippen molar-refractivity contribution in [3.05, 3.63) is 48.0 Å². The number of carboxylic acids is 1. The molecule has 0 spiro atoms. The van der Waals surface area contributed by atoms with E-state index in [0.717, 1.165) is 0 Å². The van der Waals surface area contributed by atoms with Crippen LogP contribution in [0.4, 0.5) is 0 Å². The molecule has 0 radical (unpaired) electrons. The highest BCUT2D eigenvalue weighted by molar-refractivity contribution is 5.94. The summed E-state index contributed by atoms with van der Waals surface area (Å²) >= 11 is 0. The maximum Gasteiger partial charge on any atom is 0.326 e. The number of benzene rings is 1. The Kier molecular flexibility index (Phi) is 13.4. The Labute approximate surface area is 246 Å². The molecule has 0 saturated heterocycles. The van der Waals surface area contributed by atoms with Gasteiger partial charge in [0.25, 0.3) is 0 Å². The highest BCUT2D eigenvalue weighted by Crippen LogP contribution is 2.11. The number of hydrogen-bond donors (Lipinski definition) is 10. The second-order valence-corrected chi connectivity index (χ2v) is 9.73. The van der Waals surface area contributed by atoms with E-state index in [1.54, 1.807) is 12.1 Å². The SMILES string of the molecule is NC(=O)CCC(NC(=O)C(Cc1cnc[nH]1)NC(=O)C(N)Cc1ccc(O)cc1)C(=O)NC(CCCN=C(N)N)C(=O)O. The Morgan fingerprint density at radius 2 is 1.51 bits per heavy atom. The van der Waals surface area contributed by atoms with Gasteiger partial charge in [-0.3, -0.25) is 24.2 Å². The van der Waals surface area contributed by atoms with Gasteiger partial charge >= 0.3 is 5.97 Å². The van der Waals surface area contributed by atoms with Gasteiger partial charge in [-0.05, 0) is 43.4 Å². The molecular weight excluding hydrogens is 564 g/mol. The number of hydrogen-bond acceptors (Lipinski definition) is 9. The minimum Gasteiger partial charge on any atom is -0.508 e. The number of carbonyl (C=O) groups excluding carboxylic acids is 4. The van der Waals surface area contributed by atoms with Crippen molar-refractivity contribution in [1.82, 2.24) is 25.9 Å². The average Bonchev–Trinajstić information content (AvgIpc) is 3.46. The van der Waals surface area contributed by atoms with Crippen LogP contribution in [-0.4, -0.2) is 86.5 Å². The van der Waals surface area contributed by atoms with E-state index in [-0.39, 0.29) is 56.8 Å². The number of nitrogens with zero attached hydrogens (tertiary/aromatic N) is 2. The normalized spacial score (nSPS) is 13.5. The number of primary amides is 1. The first-order chi connectivity index (χ1) is 20.3. The molecule has 0 aliphatic heterocycles. The molecule has 17 heteroatoms. The van der Waals surface area contributed by atoms with Gasteiger partial charge in [0.05, 0.1) is 12.4 Å². The van der Waals surface area contributed by atoms with Crippen LogP contribution in [0.5, 0.6) is 5.75 Å². The predicted molar refractivity (Wildman–Crippen MR) is 154 cm³/mol. The zero-order chi connectivity index (χ0) is 31.9. The summed E-state index contributed by atoms with van der Waals surface area (Å²) in [5, 5.41) is 26.4. The number of aromatic nitrogens is 2. The van der Waals surface area contributed by atoms with Crippen LogP contribution in [0, 0.1) is 0 Å². The molecule has 1 aromatic heterocycles. The number of aliphatic carboxylic acids is 1. The van der Waals surface area contributed by atoms with Crippen molar-refractivity contribution in [2.24, 2.45) is 27.9 Å². The van der Waals surface area contributed by atoms with Gasteiger partial charge in [-0.25, -0.2) is 9.78 Å². The maximum absolute atomic E-state index is 13.4.